The van der Waals surface area contributed by atoms with Gasteiger partial charge >= 0.3 is 0 Å². The number of rotatable bonds is 2. The first-order chi connectivity index (χ1) is 8.84. The van der Waals surface area contributed by atoms with Crippen LogP contribution in [0.1, 0.15) is 22.5 Å². The van der Waals surface area contributed by atoms with Crippen LogP contribution in [0.15, 0.2) is 24.4 Å². The third-order valence-electron chi connectivity index (χ3n) is 2.66. The summed E-state index contributed by atoms with van der Waals surface area (Å²) >= 11 is 0. The number of aromatic nitrogens is 3. The number of benzene rings is 1. The minimum atomic E-state index is -0.195. The predicted molar refractivity (Wildman–Crippen MR) is 61.9 cm³/mol. The van der Waals surface area contributed by atoms with E-state index in [1.165, 1.54) is 6.20 Å². The van der Waals surface area contributed by atoms with Crippen LogP contribution in [-0.2, 0) is 0 Å². The molecule has 0 saturated carbocycles. The number of carbonyl (C=O) groups excluding carboxylic acids is 1. The first-order valence-corrected chi connectivity index (χ1v) is 5.65. The van der Waals surface area contributed by atoms with Crippen LogP contribution in [-0.4, -0.2) is 34.4 Å². The Bertz CT molecular complexity index is 566. The van der Waals surface area contributed by atoms with E-state index in [0.717, 1.165) is 6.42 Å². The molecular formula is C12H11N3O3. The van der Waals surface area contributed by atoms with Crippen LogP contribution < -0.4 is 9.47 Å². The molecule has 6 nitrogen and oxygen atoms in total. The molecule has 3 rings (SSSR count). The van der Waals surface area contributed by atoms with Gasteiger partial charge in [0.15, 0.2) is 17.2 Å². The molecule has 1 aliphatic rings. The minimum absolute atomic E-state index is 0.195. The lowest BCUT2D eigenvalue weighted by atomic mass is 10.1. The lowest BCUT2D eigenvalue weighted by Gasteiger charge is -2.07. The number of ether oxygens (including phenoxy) is 2. The summed E-state index contributed by atoms with van der Waals surface area (Å²) in [6.45, 7) is 1.22. The van der Waals surface area contributed by atoms with E-state index in [4.69, 9.17) is 9.47 Å². The second-order valence-corrected chi connectivity index (χ2v) is 3.90. The van der Waals surface area contributed by atoms with Gasteiger partial charge in [-0.3, -0.25) is 4.79 Å². The van der Waals surface area contributed by atoms with E-state index in [-0.39, 0.29) is 11.5 Å². The van der Waals surface area contributed by atoms with Crippen molar-refractivity contribution in [1.29, 1.82) is 0 Å². The number of nitrogens with zero attached hydrogens (tertiary/aromatic N) is 2. The zero-order valence-corrected chi connectivity index (χ0v) is 9.55. The van der Waals surface area contributed by atoms with Crippen molar-refractivity contribution < 1.29 is 14.3 Å². The number of H-pyrrole nitrogens is 1. The number of carbonyl (C=O) groups is 1. The molecule has 92 valence electrons. The highest BCUT2D eigenvalue weighted by molar-refractivity contribution is 6.07. The van der Waals surface area contributed by atoms with Crippen LogP contribution in [0.4, 0.5) is 0 Å². The van der Waals surface area contributed by atoms with Gasteiger partial charge in [0.2, 0.25) is 5.78 Å². The molecular weight excluding hydrogens is 234 g/mol. The van der Waals surface area contributed by atoms with Crippen LogP contribution >= 0.6 is 0 Å². The molecule has 2 aromatic rings. The van der Waals surface area contributed by atoms with Crippen molar-refractivity contribution in [3.05, 3.63) is 35.7 Å². The average molecular weight is 245 g/mol. The lowest BCUT2D eigenvalue weighted by Crippen LogP contribution is -2.03. The molecule has 0 bridgehead atoms. The van der Waals surface area contributed by atoms with Crippen LogP contribution in [0, 0.1) is 0 Å². The number of aromatic amines is 1. The molecule has 1 N–H and O–H groups in total. The first-order valence-electron chi connectivity index (χ1n) is 5.65. The van der Waals surface area contributed by atoms with Crippen LogP contribution in [0.25, 0.3) is 0 Å². The van der Waals surface area contributed by atoms with E-state index in [2.05, 4.69) is 15.4 Å². The highest BCUT2D eigenvalue weighted by Crippen LogP contribution is 2.30. The maximum absolute atomic E-state index is 12.1. The van der Waals surface area contributed by atoms with E-state index in [0.29, 0.717) is 30.3 Å². The molecule has 1 aliphatic heterocycles. The summed E-state index contributed by atoms with van der Waals surface area (Å²) in [6, 6.07) is 5.12. The van der Waals surface area contributed by atoms with Gasteiger partial charge in [-0.25, -0.2) is 0 Å². The van der Waals surface area contributed by atoms with Gasteiger partial charge in [0, 0.05) is 12.0 Å². The quantitative estimate of drug-likeness (QED) is 0.804. The molecule has 0 atom stereocenters. The van der Waals surface area contributed by atoms with Crippen molar-refractivity contribution >= 4 is 5.78 Å². The van der Waals surface area contributed by atoms with Crippen LogP contribution in [0.3, 0.4) is 0 Å². The van der Waals surface area contributed by atoms with Crippen molar-refractivity contribution in [2.24, 2.45) is 0 Å². The SMILES string of the molecule is O=C(c1ccc2c(c1)OCCCO2)c1cn[nH]n1. The molecule has 1 aromatic heterocycles. The molecule has 0 spiro atoms. The molecule has 0 saturated heterocycles. The fourth-order valence-corrected chi connectivity index (χ4v) is 1.76. The van der Waals surface area contributed by atoms with Gasteiger partial charge in [-0.15, -0.1) is 0 Å². The van der Waals surface area contributed by atoms with Crippen molar-refractivity contribution in [3.8, 4) is 11.5 Å². The number of nitrogens with one attached hydrogen (secondary N) is 1. The smallest absolute Gasteiger partial charge is 0.215 e. The second kappa shape index (κ2) is 4.48. The average Bonchev–Trinajstić information content (AvgIpc) is 2.83. The van der Waals surface area contributed by atoms with Crippen LogP contribution in [0.5, 0.6) is 11.5 Å². The molecule has 0 amide bonds. The number of ketones is 1. The van der Waals surface area contributed by atoms with E-state index >= 15 is 0 Å². The molecule has 6 heteroatoms. The largest absolute Gasteiger partial charge is 0.490 e. The number of hydrogen-bond acceptors (Lipinski definition) is 5. The Kier molecular flexibility index (Phi) is 2.68. The lowest BCUT2D eigenvalue weighted by molar-refractivity contribution is 0.103. The van der Waals surface area contributed by atoms with Gasteiger partial charge in [-0.1, -0.05) is 0 Å². The van der Waals surface area contributed by atoms with Gasteiger partial charge in [0.25, 0.3) is 0 Å². The third kappa shape index (κ3) is 1.92. The number of fused-ring (bicyclic) bond motifs is 1. The van der Waals surface area contributed by atoms with E-state index in [1.54, 1.807) is 18.2 Å². The normalized spacial score (nSPS) is 14.0. The van der Waals surface area contributed by atoms with E-state index in [1.807, 2.05) is 0 Å². The summed E-state index contributed by atoms with van der Waals surface area (Å²) in [5.74, 6) is 1.07. The summed E-state index contributed by atoms with van der Waals surface area (Å²) in [5.41, 5.74) is 0.789. The summed E-state index contributed by atoms with van der Waals surface area (Å²) in [5, 5.41) is 9.80. The molecule has 18 heavy (non-hydrogen) atoms. The Hall–Kier alpha value is -2.37. The molecule has 0 unspecified atom stereocenters. The fourth-order valence-electron chi connectivity index (χ4n) is 1.76. The zero-order chi connectivity index (χ0) is 12.4. The molecule has 0 radical (unpaired) electrons. The Morgan fingerprint density at radius 3 is 2.83 bits per heavy atom. The monoisotopic (exact) mass is 245 g/mol. The van der Waals surface area contributed by atoms with Gasteiger partial charge in [0.05, 0.1) is 19.4 Å². The van der Waals surface area contributed by atoms with Crippen molar-refractivity contribution in [2.75, 3.05) is 13.2 Å². The van der Waals surface area contributed by atoms with Gasteiger partial charge < -0.3 is 9.47 Å². The summed E-state index contributed by atoms with van der Waals surface area (Å²) in [7, 11) is 0. The Morgan fingerprint density at radius 2 is 2.06 bits per heavy atom. The molecule has 1 aromatic carbocycles. The highest BCUT2D eigenvalue weighted by Gasteiger charge is 2.16. The third-order valence-corrected chi connectivity index (χ3v) is 2.66. The Labute approximate surface area is 103 Å². The zero-order valence-electron chi connectivity index (χ0n) is 9.55. The van der Waals surface area contributed by atoms with Gasteiger partial charge in [-0.05, 0) is 18.2 Å². The standard InChI is InChI=1S/C12H11N3O3/c16-12(9-7-13-15-14-9)8-2-3-10-11(6-8)18-5-1-4-17-10/h2-3,6-7H,1,4-5H2,(H,13,14,15). The molecule has 0 fully saturated rings. The van der Waals surface area contributed by atoms with Gasteiger partial charge in [0.1, 0.15) is 0 Å². The van der Waals surface area contributed by atoms with E-state index in [9.17, 15) is 4.79 Å². The molecule has 0 aliphatic carbocycles. The van der Waals surface area contributed by atoms with Crippen LogP contribution in [0.2, 0.25) is 0 Å². The summed E-state index contributed by atoms with van der Waals surface area (Å²) in [6.07, 6.45) is 2.23. The predicted octanol–water partition coefficient (Wildman–Crippen LogP) is 1.20. The maximum Gasteiger partial charge on any atom is 0.215 e. The first kappa shape index (κ1) is 10.8. The fraction of sp³-hybridized carbons (Fsp3) is 0.250. The Morgan fingerprint density at radius 1 is 1.22 bits per heavy atom. The van der Waals surface area contributed by atoms with Gasteiger partial charge in [-0.2, -0.15) is 15.4 Å². The summed E-state index contributed by atoms with van der Waals surface area (Å²) in [4.78, 5) is 12.1. The minimum Gasteiger partial charge on any atom is -0.490 e. The second-order valence-electron chi connectivity index (χ2n) is 3.90. The van der Waals surface area contributed by atoms with Crippen molar-refractivity contribution in [1.82, 2.24) is 15.4 Å². The highest BCUT2D eigenvalue weighted by atomic mass is 16.5. The van der Waals surface area contributed by atoms with Crippen molar-refractivity contribution in [3.63, 3.8) is 0 Å². The summed E-state index contributed by atoms with van der Waals surface area (Å²) < 4.78 is 11.0. The number of hydrogen-bond donors (Lipinski definition) is 1. The van der Waals surface area contributed by atoms with E-state index < -0.39 is 0 Å². The maximum atomic E-state index is 12.1. The molecule has 2 heterocycles. The Balaban J connectivity index is 1.94. The topological polar surface area (TPSA) is 77.1 Å². The van der Waals surface area contributed by atoms with Crippen molar-refractivity contribution in [2.45, 2.75) is 6.42 Å².